The van der Waals surface area contributed by atoms with Crippen LogP contribution in [0.3, 0.4) is 0 Å². The zero-order valence-electron chi connectivity index (χ0n) is 15.3. The van der Waals surface area contributed by atoms with E-state index in [9.17, 15) is 0 Å². The summed E-state index contributed by atoms with van der Waals surface area (Å²) in [5.74, 6) is 3.88. The minimum Gasteiger partial charge on any atom is -0.490 e. The lowest BCUT2D eigenvalue weighted by atomic mass is 10.1. The molecule has 0 amide bonds. The van der Waals surface area contributed by atoms with Crippen LogP contribution in [0, 0.1) is 19.3 Å². The van der Waals surface area contributed by atoms with Crippen molar-refractivity contribution < 1.29 is 9.47 Å². The summed E-state index contributed by atoms with van der Waals surface area (Å²) in [6, 6.07) is 9.99. The zero-order chi connectivity index (χ0) is 18.9. The van der Waals surface area contributed by atoms with Gasteiger partial charge in [-0.3, -0.25) is 0 Å². The normalized spacial score (nSPS) is 10.1. The number of nitrogens with one attached hydrogen (secondary N) is 1. The van der Waals surface area contributed by atoms with Gasteiger partial charge in [-0.05, 0) is 55.7 Å². The van der Waals surface area contributed by atoms with E-state index in [0.717, 1.165) is 27.4 Å². The summed E-state index contributed by atoms with van der Waals surface area (Å²) >= 11 is 6.19. The molecular weight excluding hydrogens is 346 g/mol. The first kappa shape index (κ1) is 19.8. The molecule has 136 valence electrons. The molecule has 0 heterocycles. The molecule has 2 aromatic rings. The van der Waals surface area contributed by atoms with Gasteiger partial charge in [0, 0.05) is 22.8 Å². The van der Waals surface area contributed by atoms with Gasteiger partial charge in [-0.2, -0.15) is 0 Å². The first-order chi connectivity index (χ1) is 12.6. The number of ether oxygens (including phenoxy) is 2. The second kappa shape index (κ2) is 9.79. The fraction of sp³-hybridized carbons (Fsp3) is 0.273. The second-order valence-corrected chi connectivity index (χ2v) is 6.23. The second-order valence-electron chi connectivity index (χ2n) is 5.82. The number of allylic oxidation sites excluding steroid dienone is 1. The molecule has 0 bridgehead atoms. The van der Waals surface area contributed by atoms with Crippen LogP contribution in [0.4, 0.5) is 5.69 Å². The molecule has 0 saturated heterocycles. The quantitative estimate of drug-likeness (QED) is 0.474. The number of anilines is 1. The first-order valence-corrected chi connectivity index (χ1v) is 8.92. The first-order valence-electron chi connectivity index (χ1n) is 8.54. The molecule has 2 aromatic carbocycles. The number of hydrogen-bond acceptors (Lipinski definition) is 3. The predicted molar refractivity (Wildman–Crippen MR) is 109 cm³/mol. The number of terminal acetylenes is 1. The van der Waals surface area contributed by atoms with Crippen molar-refractivity contribution in [2.45, 2.75) is 26.8 Å². The Morgan fingerprint density at radius 1 is 1.27 bits per heavy atom. The van der Waals surface area contributed by atoms with Gasteiger partial charge in [0.25, 0.3) is 0 Å². The highest BCUT2D eigenvalue weighted by Gasteiger charge is 2.13. The van der Waals surface area contributed by atoms with Gasteiger partial charge < -0.3 is 14.8 Å². The van der Waals surface area contributed by atoms with Crippen LogP contribution in [0.25, 0.3) is 0 Å². The van der Waals surface area contributed by atoms with Crippen molar-refractivity contribution in [3.05, 3.63) is 64.7 Å². The predicted octanol–water partition coefficient (Wildman–Crippen LogP) is 5.40. The number of aryl methyl sites for hydroxylation is 1. The van der Waals surface area contributed by atoms with Gasteiger partial charge in [-0.1, -0.05) is 29.7 Å². The van der Waals surface area contributed by atoms with Crippen LogP contribution >= 0.6 is 11.6 Å². The lowest BCUT2D eigenvalue weighted by Gasteiger charge is -2.17. The van der Waals surface area contributed by atoms with E-state index in [4.69, 9.17) is 27.5 Å². The lowest BCUT2D eigenvalue weighted by Crippen LogP contribution is -2.06. The van der Waals surface area contributed by atoms with Crippen molar-refractivity contribution in [1.82, 2.24) is 0 Å². The van der Waals surface area contributed by atoms with Crippen LogP contribution < -0.4 is 14.8 Å². The maximum Gasteiger partial charge on any atom is 0.166 e. The van der Waals surface area contributed by atoms with Crippen LogP contribution in [-0.4, -0.2) is 13.2 Å². The van der Waals surface area contributed by atoms with Gasteiger partial charge in [-0.25, -0.2) is 0 Å². The molecule has 0 unspecified atom stereocenters. The highest BCUT2D eigenvalue weighted by molar-refractivity contribution is 6.31. The molecule has 0 saturated carbocycles. The van der Waals surface area contributed by atoms with E-state index in [1.807, 2.05) is 44.2 Å². The topological polar surface area (TPSA) is 30.5 Å². The van der Waals surface area contributed by atoms with Gasteiger partial charge in [0.1, 0.15) is 6.61 Å². The van der Waals surface area contributed by atoms with Crippen molar-refractivity contribution >= 4 is 17.3 Å². The Hall–Kier alpha value is -2.57. The van der Waals surface area contributed by atoms with E-state index < -0.39 is 0 Å². The minimum absolute atomic E-state index is 0.198. The maximum absolute atomic E-state index is 6.19. The third-order valence-electron chi connectivity index (χ3n) is 3.82. The molecule has 26 heavy (non-hydrogen) atoms. The summed E-state index contributed by atoms with van der Waals surface area (Å²) < 4.78 is 11.5. The van der Waals surface area contributed by atoms with E-state index in [-0.39, 0.29) is 6.61 Å². The molecule has 2 rings (SSSR count). The molecule has 3 nitrogen and oxygen atoms in total. The molecular formula is C22H24ClNO2. The summed E-state index contributed by atoms with van der Waals surface area (Å²) in [6.07, 6.45) is 7.84. The summed E-state index contributed by atoms with van der Waals surface area (Å²) in [7, 11) is 0. The minimum atomic E-state index is 0.198. The number of rotatable bonds is 9. The molecule has 0 aliphatic rings. The maximum atomic E-state index is 6.19. The molecule has 0 aliphatic heterocycles. The SMILES string of the molecule is C#CCOc1c(CC=C)cc(CNc2ccc(C)c(Cl)c2)cc1OCC. The third-order valence-corrected chi connectivity index (χ3v) is 4.23. The monoisotopic (exact) mass is 369 g/mol. The molecule has 1 N–H and O–H groups in total. The number of hydrogen-bond donors (Lipinski definition) is 1. The Kier molecular flexibility index (Phi) is 7.44. The van der Waals surface area contributed by atoms with Crippen LogP contribution in [0.1, 0.15) is 23.6 Å². The summed E-state index contributed by atoms with van der Waals surface area (Å²) in [5, 5.41) is 4.14. The molecule has 0 spiro atoms. The van der Waals surface area contributed by atoms with E-state index in [2.05, 4.69) is 23.9 Å². The van der Waals surface area contributed by atoms with Crippen LogP contribution in [0.5, 0.6) is 11.5 Å². The number of halogens is 1. The zero-order valence-corrected chi connectivity index (χ0v) is 16.0. The van der Waals surface area contributed by atoms with E-state index in [1.54, 1.807) is 0 Å². The summed E-state index contributed by atoms with van der Waals surface area (Å²) in [6.45, 7) is 9.13. The smallest absolute Gasteiger partial charge is 0.166 e. The molecule has 0 aromatic heterocycles. The molecule has 0 aliphatic carbocycles. The Balaban J connectivity index is 2.27. The van der Waals surface area contributed by atoms with Crippen molar-refractivity contribution in [2.75, 3.05) is 18.5 Å². The number of benzene rings is 2. The summed E-state index contributed by atoms with van der Waals surface area (Å²) in [5.41, 5.74) is 4.10. The Morgan fingerprint density at radius 3 is 2.73 bits per heavy atom. The van der Waals surface area contributed by atoms with Crippen molar-refractivity contribution in [1.29, 1.82) is 0 Å². The van der Waals surface area contributed by atoms with Crippen molar-refractivity contribution in [3.8, 4) is 23.8 Å². The van der Waals surface area contributed by atoms with E-state index >= 15 is 0 Å². The van der Waals surface area contributed by atoms with Crippen molar-refractivity contribution in [2.24, 2.45) is 0 Å². The average Bonchev–Trinajstić information content (AvgIpc) is 2.62. The van der Waals surface area contributed by atoms with Gasteiger partial charge in [0.05, 0.1) is 6.61 Å². The van der Waals surface area contributed by atoms with Crippen molar-refractivity contribution in [3.63, 3.8) is 0 Å². The third kappa shape index (κ3) is 5.21. The largest absolute Gasteiger partial charge is 0.490 e. The molecule has 0 atom stereocenters. The van der Waals surface area contributed by atoms with Crippen LogP contribution in [0.2, 0.25) is 5.02 Å². The molecule has 4 heteroatoms. The fourth-order valence-corrected chi connectivity index (χ4v) is 2.76. The lowest BCUT2D eigenvalue weighted by molar-refractivity contribution is 0.297. The Morgan fingerprint density at radius 2 is 2.08 bits per heavy atom. The van der Waals surface area contributed by atoms with Gasteiger partial charge in [-0.15, -0.1) is 13.0 Å². The standard InChI is InChI=1S/C22H24ClNO2/c1-5-8-18-12-17(13-21(25-7-3)22(18)26-11-6-2)15-24-19-10-9-16(4)20(23)14-19/h2,5,9-10,12-14,24H,1,7-8,11,15H2,3-4H3. The Labute approximate surface area is 161 Å². The Bertz CT molecular complexity index is 809. The van der Waals surface area contributed by atoms with Gasteiger partial charge in [0.15, 0.2) is 11.5 Å². The fourth-order valence-electron chi connectivity index (χ4n) is 2.58. The molecule has 0 radical (unpaired) electrons. The highest BCUT2D eigenvalue weighted by Crippen LogP contribution is 2.34. The van der Waals surface area contributed by atoms with Crippen LogP contribution in [0.15, 0.2) is 43.0 Å². The van der Waals surface area contributed by atoms with Gasteiger partial charge in [0.2, 0.25) is 0 Å². The average molecular weight is 370 g/mol. The highest BCUT2D eigenvalue weighted by atomic mass is 35.5. The molecule has 0 fully saturated rings. The summed E-state index contributed by atoms with van der Waals surface area (Å²) in [4.78, 5) is 0. The van der Waals surface area contributed by atoms with Crippen LogP contribution in [-0.2, 0) is 13.0 Å². The van der Waals surface area contributed by atoms with Gasteiger partial charge >= 0.3 is 0 Å². The van der Waals surface area contributed by atoms with E-state index in [1.165, 1.54) is 0 Å². The van der Waals surface area contributed by atoms with E-state index in [0.29, 0.717) is 31.1 Å².